The van der Waals surface area contributed by atoms with Crippen molar-refractivity contribution in [3.05, 3.63) is 72.3 Å². The normalized spacial score (nSPS) is 15.6. The largest absolute Gasteiger partial charge is 0.481 e. The number of hydrogen-bond donors (Lipinski definition) is 26. The van der Waals surface area contributed by atoms with E-state index in [1.807, 2.05) is 0 Å². The number of nitrogens with two attached hydrogens (primary N) is 4. The number of carbonyl (C=O) groups is 20. The fraction of sp³-hybridized carbons (Fsp3) is 0.566. The minimum absolute atomic E-state index is 0.00271. The average Bonchev–Trinajstić information content (AvgIpc) is 1.70. The highest BCUT2D eigenvalue weighted by molar-refractivity contribution is 7.98. The van der Waals surface area contributed by atoms with Crippen LogP contribution in [0.15, 0.2) is 55.4 Å². The number of likely N-dealkylation sites (tertiary alicyclic amines) is 1. The zero-order valence-electron chi connectivity index (χ0n) is 70.1. The van der Waals surface area contributed by atoms with Crippen molar-refractivity contribution in [1.29, 1.82) is 5.41 Å². The van der Waals surface area contributed by atoms with Gasteiger partial charge in [0.1, 0.15) is 84.6 Å². The highest BCUT2D eigenvalue weighted by atomic mass is 32.2. The van der Waals surface area contributed by atoms with E-state index in [0.717, 1.165) is 11.8 Å². The number of primary amides is 2. The molecule has 1 fully saturated rings. The molecule has 0 saturated carbocycles. The van der Waals surface area contributed by atoms with Gasteiger partial charge >= 0.3 is 23.9 Å². The first kappa shape index (κ1) is 105. The minimum atomic E-state index is -2.00. The van der Waals surface area contributed by atoms with Crippen LogP contribution in [0.3, 0.4) is 0 Å². The standard InChI is InChI=1S/C76H114N24O24S2/c1-36(2)24-46(67(115)95-51(30-59(107)108)71(119)98-53(33-125)75(123)124)96-72(120)54-15-11-22-100(54)74(122)52(25-39-12-8-7-9-13-39)97-70(118)50(29-56(79)102)94-69(117)47(26-40-31-82-34-85-40)91-61(109)38(5)87-66(114)49(28-55(78)101)93-63(111)43(14-10-21-84-76(80)81)88-64(112)44(17-19-58(105)106)89-68(116)48(27-41-32-83-35-86-41)92-65(113)45(20-23-126-6)90-73(121)60(37(3)4)99-62(110)42(77)16-18-57(103)104/h7-9,12-13,31-32,34-38,42-54,60,125H,10-11,14-30,33,77H2,1-6H3,(H2,78,101)(H2,79,102)(H,82,85)(H,83,86)(H,87,114)(H,88,112)(H,89,116)(H,90,121)(H,91,109)(H,92,113)(H,93,111)(H,94,117)(H,95,115)(H,96,120)(H,97,118)(H,98,119)(H,99,110)(H,103,104)(H,105,106)(H,107,108)(H,123,124)(H4,80,81,84)/t38-,42-,43-,44-,45-,46-,47-,48-,49-,50-,51-,52-,53-,54-,60-/m0/s1. The van der Waals surface area contributed by atoms with Crippen LogP contribution >= 0.6 is 24.4 Å². The number of aromatic nitrogens is 4. The van der Waals surface area contributed by atoms with Crippen molar-refractivity contribution in [2.24, 2.45) is 34.8 Å². The number of rotatable bonds is 57. The molecule has 0 unspecified atom stereocenters. The van der Waals surface area contributed by atoms with Crippen LogP contribution in [0, 0.1) is 17.2 Å². The van der Waals surface area contributed by atoms with E-state index >= 15 is 0 Å². The highest BCUT2D eigenvalue weighted by Crippen LogP contribution is 2.22. The Kier molecular flexibility index (Phi) is 44.5. The van der Waals surface area contributed by atoms with Gasteiger partial charge in [0.25, 0.3) is 0 Å². The molecule has 16 amide bonds. The number of thiol groups is 1. The number of benzene rings is 1. The quantitative estimate of drug-likeness (QED) is 0.0108. The van der Waals surface area contributed by atoms with Crippen LogP contribution in [0.5, 0.6) is 0 Å². The molecule has 29 N–H and O–H groups in total. The number of H-pyrrole nitrogens is 2. The van der Waals surface area contributed by atoms with Gasteiger partial charge in [0.05, 0.1) is 38.0 Å². The molecule has 0 aliphatic carbocycles. The fourth-order valence-corrected chi connectivity index (χ4v) is 13.4. The number of hydrogen-bond acceptors (Lipinski definition) is 26. The summed E-state index contributed by atoms with van der Waals surface area (Å²) in [5.41, 5.74) is 23.5. The molecule has 126 heavy (non-hydrogen) atoms. The lowest BCUT2D eigenvalue weighted by Gasteiger charge is -2.31. The van der Waals surface area contributed by atoms with Crippen LogP contribution < -0.4 is 97.4 Å². The number of carboxylic acid groups (broad SMARTS) is 4. The summed E-state index contributed by atoms with van der Waals surface area (Å²) in [6.07, 6.45) is -0.0275. The van der Waals surface area contributed by atoms with Gasteiger partial charge < -0.3 is 133 Å². The first-order valence-corrected chi connectivity index (χ1v) is 42.1. The molecule has 50 heteroatoms. The summed E-state index contributed by atoms with van der Waals surface area (Å²) in [6, 6.07) is -16.5. The second-order valence-corrected chi connectivity index (χ2v) is 31.8. The number of thioether (sulfide) groups is 1. The van der Waals surface area contributed by atoms with Crippen molar-refractivity contribution in [2.45, 2.75) is 228 Å². The molecule has 1 aromatic carbocycles. The van der Waals surface area contributed by atoms with Crippen molar-refractivity contribution in [3.63, 3.8) is 0 Å². The van der Waals surface area contributed by atoms with E-state index in [2.05, 4.69) is 107 Å². The minimum Gasteiger partial charge on any atom is -0.481 e. The van der Waals surface area contributed by atoms with Gasteiger partial charge in [0, 0.05) is 74.7 Å². The van der Waals surface area contributed by atoms with E-state index in [9.17, 15) is 111 Å². The molecule has 2 aromatic heterocycles. The second kappa shape index (κ2) is 53.2. The van der Waals surface area contributed by atoms with Gasteiger partial charge in [-0.1, -0.05) is 58.0 Å². The van der Waals surface area contributed by atoms with Crippen LogP contribution in [-0.4, -0.2) is 291 Å². The Morgan fingerprint density at radius 2 is 0.952 bits per heavy atom. The van der Waals surface area contributed by atoms with Crippen molar-refractivity contribution in [3.8, 4) is 0 Å². The zero-order valence-corrected chi connectivity index (χ0v) is 71.8. The van der Waals surface area contributed by atoms with Gasteiger partial charge in [-0.25, -0.2) is 14.8 Å². The average molecular weight is 1810 g/mol. The third kappa shape index (κ3) is 37.2. The Hall–Kier alpha value is -13.0. The maximum absolute atomic E-state index is 15.0. The Morgan fingerprint density at radius 1 is 0.508 bits per heavy atom. The molecule has 0 radical (unpaired) electrons. The first-order chi connectivity index (χ1) is 59.4. The first-order valence-electron chi connectivity index (χ1n) is 40.0. The lowest BCUT2D eigenvalue weighted by atomic mass is 10.0. The van der Waals surface area contributed by atoms with E-state index < -0.39 is 278 Å². The number of carbonyl (C=O) groups excluding carboxylic acids is 16. The molecule has 15 atom stereocenters. The van der Waals surface area contributed by atoms with Crippen molar-refractivity contribution in [1.82, 2.24) is 99.3 Å². The number of aliphatic carboxylic acids is 4. The smallest absolute Gasteiger partial charge is 0.327 e. The van der Waals surface area contributed by atoms with Gasteiger partial charge in [0.2, 0.25) is 94.5 Å². The van der Waals surface area contributed by atoms with Crippen molar-refractivity contribution < 1.29 is 116 Å². The molecule has 48 nitrogen and oxygen atoms in total. The van der Waals surface area contributed by atoms with Gasteiger partial charge in [-0.05, 0) is 87.7 Å². The van der Waals surface area contributed by atoms with Crippen molar-refractivity contribution in [2.75, 3.05) is 30.9 Å². The monoisotopic (exact) mass is 1810 g/mol. The summed E-state index contributed by atoms with van der Waals surface area (Å²) in [5.74, 6) is -24.8. The number of guanidine groups is 1. The second-order valence-electron chi connectivity index (χ2n) is 30.4. The van der Waals surface area contributed by atoms with Gasteiger partial charge in [-0.2, -0.15) is 24.4 Å². The van der Waals surface area contributed by atoms with Crippen LogP contribution in [0.25, 0.3) is 0 Å². The molecule has 4 rings (SSSR count). The molecule has 1 aliphatic heterocycles. The third-order valence-electron chi connectivity index (χ3n) is 19.3. The molecule has 0 spiro atoms. The predicted molar refractivity (Wildman–Crippen MR) is 450 cm³/mol. The molecular formula is C76H114N24O24S2. The van der Waals surface area contributed by atoms with Crippen LogP contribution in [0.2, 0.25) is 0 Å². The predicted octanol–water partition coefficient (Wildman–Crippen LogP) is -7.51. The lowest BCUT2D eigenvalue weighted by molar-refractivity contribution is -0.144. The molecule has 3 aromatic rings. The third-order valence-corrected chi connectivity index (χ3v) is 20.3. The van der Waals surface area contributed by atoms with Crippen LogP contribution in [0.1, 0.15) is 135 Å². The maximum Gasteiger partial charge on any atom is 0.327 e. The topological polar surface area (TPSA) is 779 Å². The lowest BCUT2D eigenvalue weighted by Crippen LogP contribution is -2.61. The summed E-state index contributed by atoms with van der Waals surface area (Å²) in [5, 5.41) is 79.7. The SMILES string of the molecule is CSCC[C@H](NC(=O)[C@@H](NC(=O)[C@@H](N)CCC(=O)O)C(C)C)C(=O)N[C@@H](Cc1cnc[nH]1)C(=O)N[C@@H](CCC(=O)O)C(=O)N[C@@H](CCCNC(=N)N)C(=O)N[C@@H](CC(N)=O)C(=O)N[C@@H](C)C(=O)N[C@@H](Cc1cnc[nH]1)C(=O)N[C@@H](CC(N)=O)C(=O)N[C@@H](Cc1ccccc1)C(=O)N1CCC[C@H]1C(=O)N[C@@H](CC(C)C)C(=O)N[C@@H](CC(=O)O)C(=O)N[C@@H](CS)C(=O)O. The Morgan fingerprint density at radius 3 is 1.42 bits per heavy atom. The number of amides is 16. The van der Waals surface area contributed by atoms with Crippen LogP contribution in [0.4, 0.5) is 0 Å². The van der Waals surface area contributed by atoms with Gasteiger partial charge in [-0.15, -0.1) is 0 Å². The number of nitrogens with one attached hydrogen (secondary N) is 17. The van der Waals surface area contributed by atoms with E-state index in [0.29, 0.717) is 5.56 Å². The molecule has 694 valence electrons. The molecule has 1 saturated heterocycles. The summed E-state index contributed by atoms with van der Waals surface area (Å²) < 4.78 is 0. The van der Waals surface area contributed by atoms with Gasteiger partial charge in [0.15, 0.2) is 5.96 Å². The van der Waals surface area contributed by atoms with E-state index in [1.54, 1.807) is 64.3 Å². The number of aromatic amines is 2. The molecular weight excluding hydrogens is 1700 g/mol. The fourth-order valence-electron chi connectivity index (χ4n) is 12.7. The highest BCUT2D eigenvalue weighted by Gasteiger charge is 2.43. The maximum atomic E-state index is 15.0. The number of nitrogens with zero attached hydrogens (tertiary/aromatic N) is 3. The zero-order chi connectivity index (χ0) is 94.2. The molecule has 1 aliphatic rings. The van der Waals surface area contributed by atoms with E-state index in [4.69, 9.17) is 33.5 Å². The number of imidazole rings is 2. The van der Waals surface area contributed by atoms with E-state index in [-0.39, 0.29) is 87.5 Å². The molecule has 3 heterocycles. The Bertz CT molecular complexity index is 4300. The van der Waals surface area contributed by atoms with E-state index in [1.165, 1.54) is 36.8 Å². The summed E-state index contributed by atoms with van der Waals surface area (Å²) in [4.78, 5) is 286. The summed E-state index contributed by atoms with van der Waals surface area (Å²) in [6.45, 7) is 7.39. The van der Waals surface area contributed by atoms with Crippen LogP contribution in [-0.2, 0) is 115 Å². The summed E-state index contributed by atoms with van der Waals surface area (Å²) in [7, 11) is 0. The molecule has 0 bridgehead atoms. The Balaban J connectivity index is 1.61. The van der Waals surface area contributed by atoms with Gasteiger partial charge in [-0.3, -0.25) is 96.5 Å². The number of carboxylic acids is 4. The van der Waals surface area contributed by atoms with Crippen molar-refractivity contribution >= 4 is 149 Å². The summed E-state index contributed by atoms with van der Waals surface area (Å²) >= 11 is 5.18. The Labute approximate surface area is 732 Å².